The van der Waals surface area contributed by atoms with Crippen molar-refractivity contribution in [3.8, 4) is 5.75 Å². The van der Waals surface area contributed by atoms with Crippen LogP contribution in [0.15, 0.2) is 24.3 Å². The maximum atomic E-state index is 6.30. The number of para-hydroxylation sites is 2. The molecule has 4 rings (SSSR count). The molecule has 0 saturated carbocycles. The summed E-state index contributed by atoms with van der Waals surface area (Å²) in [6.07, 6.45) is 1.39. The summed E-state index contributed by atoms with van der Waals surface area (Å²) in [5.41, 5.74) is 1.26. The van der Waals surface area contributed by atoms with Gasteiger partial charge < -0.3 is 19.7 Å². The van der Waals surface area contributed by atoms with E-state index in [-0.39, 0.29) is 0 Å². The summed E-state index contributed by atoms with van der Waals surface area (Å²) < 4.78 is 11.6. The Morgan fingerprint density at radius 3 is 2.95 bits per heavy atom. The lowest BCUT2D eigenvalue weighted by Crippen LogP contribution is -2.53. The molecule has 1 aromatic carbocycles. The van der Waals surface area contributed by atoms with Gasteiger partial charge in [0.25, 0.3) is 0 Å². The van der Waals surface area contributed by atoms with Crippen LogP contribution in [0.1, 0.15) is 6.42 Å². The molecule has 4 heteroatoms. The summed E-state index contributed by atoms with van der Waals surface area (Å²) in [6, 6.07) is 9.01. The minimum absolute atomic E-state index is 0.296. The van der Waals surface area contributed by atoms with Crippen molar-refractivity contribution in [2.45, 2.75) is 18.6 Å². The quantitative estimate of drug-likeness (QED) is 0.824. The second-order valence-electron chi connectivity index (χ2n) is 5.71. The lowest BCUT2D eigenvalue weighted by Gasteiger charge is -2.38. The Morgan fingerprint density at radius 1 is 1.21 bits per heavy atom. The topological polar surface area (TPSA) is 33.7 Å². The summed E-state index contributed by atoms with van der Waals surface area (Å²) in [4.78, 5) is 2.52. The molecule has 1 unspecified atom stereocenters. The molecule has 1 aromatic rings. The summed E-state index contributed by atoms with van der Waals surface area (Å²) in [6.45, 7) is 4.89. The van der Waals surface area contributed by atoms with E-state index in [0.717, 1.165) is 45.0 Å². The van der Waals surface area contributed by atoms with Gasteiger partial charge >= 0.3 is 0 Å². The van der Waals surface area contributed by atoms with Crippen LogP contribution in [-0.4, -0.2) is 45.0 Å². The van der Waals surface area contributed by atoms with Gasteiger partial charge in [-0.3, -0.25) is 0 Å². The average Bonchev–Trinajstić information content (AvgIpc) is 2.53. The van der Waals surface area contributed by atoms with Gasteiger partial charge in [-0.1, -0.05) is 12.1 Å². The molecule has 0 aliphatic carbocycles. The number of fused-ring (bicyclic) bond motifs is 3. The number of nitrogens with zero attached hydrogens (tertiary/aromatic N) is 1. The van der Waals surface area contributed by atoms with Crippen molar-refractivity contribution in [2.24, 2.45) is 5.92 Å². The molecule has 4 nitrogen and oxygen atoms in total. The molecule has 0 bridgehead atoms. The fourth-order valence-corrected chi connectivity index (χ4v) is 3.32. The molecule has 0 spiro atoms. The number of benzene rings is 1. The highest BCUT2D eigenvalue weighted by Gasteiger charge is 2.37. The van der Waals surface area contributed by atoms with E-state index in [1.807, 2.05) is 0 Å². The van der Waals surface area contributed by atoms with E-state index in [4.69, 9.17) is 9.47 Å². The first-order valence-electron chi connectivity index (χ1n) is 7.22. The van der Waals surface area contributed by atoms with Crippen LogP contribution in [0.25, 0.3) is 0 Å². The molecule has 0 radical (unpaired) electrons. The molecule has 0 amide bonds. The molecule has 2 fully saturated rings. The van der Waals surface area contributed by atoms with Crippen molar-refractivity contribution in [1.82, 2.24) is 5.32 Å². The van der Waals surface area contributed by atoms with Gasteiger partial charge in [-0.15, -0.1) is 0 Å². The van der Waals surface area contributed by atoms with Crippen LogP contribution < -0.4 is 15.0 Å². The van der Waals surface area contributed by atoms with E-state index in [1.165, 1.54) is 5.69 Å². The number of nitrogens with one attached hydrogen (secondary N) is 1. The van der Waals surface area contributed by atoms with Gasteiger partial charge in [0.1, 0.15) is 11.9 Å². The molecule has 2 saturated heterocycles. The second kappa shape index (κ2) is 4.69. The molecular weight excluding hydrogens is 240 g/mol. The molecule has 0 aromatic heterocycles. The zero-order valence-corrected chi connectivity index (χ0v) is 11.0. The average molecular weight is 260 g/mol. The number of rotatable bonds is 1. The fourth-order valence-electron chi connectivity index (χ4n) is 3.32. The number of anilines is 1. The van der Waals surface area contributed by atoms with Crippen molar-refractivity contribution in [3.05, 3.63) is 24.3 Å². The maximum Gasteiger partial charge on any atom is 0.143 e. The highest BCUT2D eigenvalue weighted by molar-refractivity contribution is 5.60. The van der Waals surface area contributed by atoms with E-state index in [0.29, 0.717) is 18.1 Å². The number of hydrogen-bond donors (Lipinski definition) is 1. The predicted molar refractivity (Wildman–Crippen MR) is 73.8 cm³/mol. The van der Waals surface area contributed by atoms with Crippen LogP contribution in [0.2, 0.25) is 0 Å². The van der Waals surface area contributed by atoms with E-state index < -0.39 is 0 Å². The molecule has 3 aliphatic heterocycles. The minimum atomic E-state index is 0.296. The third-order valence-corrected chi connectivity index (χ3v) is 4.50. The van der Waals surface area contributed by atoms with Gasteiger partial charge in [0.15, 0.2) is 0 Å². The molecule has 3 aliphatic rings. The van der Waals surface area contributed by atoms with Crippen LogP contribution in [0.4, 0.5) is 5.69 Å². The molecule has 19 heavy (non-hydrogen) atoms. The van der Waals surface area contributed by atoms with Crippen LogP contribution >= 0.6 is 0 Å². The fraction of sp³-hybridized carbons (Fsp3) is 0.600. The smallest absolute Gasteiger partial charge is 0.143 e. The summed E-state index contributed by atoms with van der Waals surface area (Å²) >= 11 is 0. The Balaban J connectivity index is 1.68. The van der Waals surface area contributed by atoms with Crippen molar-refractivity contribution in [1.29, 1.82) is 0 Å². The largest absolute Gasteiger partial charge is 0.488 e. The first-order chi connectivity index (χ1) is 9.42. The van der Waals surface area contributed by atoms with Crippen molar-refractivity contribution in [3.63, 3.8) is 0 Å². The Kier molecular flexibility index (Phi) is 2.85. The molecule has 102 valence electrons. The van der Waals surface area contributed by atoms with Crippen LogP contribution in [0.5, 0.6) is 5.75 Å². The van der Waals surface area contributed by atoms with E-state index in [1.54, 1.807) is 0 Å². The van der Waals surface area contributed by atoms with Gasteiger partial charge in [-0.25, -0.2) is 0 Å². The molecule has 1 N–H and O–H groups in total. The maximum absolute atomic E-state index is 6.30. The number of hydrogen-bond acceptors (Lipinski definition) is 4. The minimum Gasteiger partial charge on any atom is -0.488 e. The lowest BCUT2D eigenvalue weighted by molar-refractivity contribution is -0.0849. The van der Waals surface area contributed by atoms with E-state index >= 15 is 0 Å². The van der Waals surface area contributed by atoms with Crippen molar-refractivity contribution < 1.29 is 9.47 Å². The van der Waals surface area contributed by atoms with Gasteiger partial charge in [0.05, 0.1) is 18.9 Å². The van der Waals surface area contributed by atoms with Crippen molar-refractivity contribution in [2.75, 3.05) is 37.7 Å². The zero-order chi connectivity index (χ0) is 12.7. The Morgan fingerprint density at radius 2 is 2.11 bits per heavy atom. The van der Waals surface area contributed by atoms with Gasteiger partial charge in [0, 0.05) is 38.0 Å². The van der Waals surface area contributed by atoms with Crippen LogP contribution in [0.3, 0.4) is 0 Å². The zero-order valence-electron chi connectivity index (χ0n) is 11.0. The molecular formula is C15H20N2O2. The Labute approximate surface area is 113 Å². The number of piperazine rings is 1. The summed E-state index contributed by atoms with van der Waals surface area (Å²) in [5, 5.41) is 3.51. The van der Waals surface area contributed by atoms with E-state index in [9.17, 15) is 0 Å². The van der Waals surface area contributed by atoms with Gasteiger partial charge in [-0.05, 0) is 12.1 Å². The highest BCUT2D eigenvalue weighted by Crippen LogP contribution is 2.37. The monoisotopic (exact) mass is 260 g/mol. The normalized spacial score (nSPS) is 30.6. The van der Waals surface area contributed by atoms with Crippen LogP contribution in [0, 0.1) is 5.92 Å². The summed E-state index contributed by atoms with van der Waals surface area (Å²) in [5.74, 6) is 1.61. The third kappa shape index (κ3) is 1.99. The lowest BCUT2D eigenvalue weighted by atomic mass is 9.93. The van der Waals surface area contributed by atoms with Gasteiger partial charge in [0.2, 0.25) is 0 Å². The Hall–Kier alpha value is -1.26. The van der Waals surface area contributed by atoms with Gasteiger partial charge in [-0.2, -0.15) is 0 Å². The standard InChI is InChI=1S/C15H20N2O2/c1-2-4-14-13(3-1)17-6-5-16-8-12(17)7-15(19-14)11-9-18-10-11/h1-4,11-12,15-16H,5-10H2/t12?,15-/m1/s1. The molecule has 3 heterocycles. The van der Waals surface area contributed by atoms with E-state index in [2.05, 4.69) is 34.5 Å². The third-order valence-electron chi connectivity index (χ3n) is 4.50. The Bertz CT molecular complexity index is 461. The first-order valence-corrected chi connectivity index (χ1v) is 7.22. The predicted octanol–water partition coefficient (Wildman–Crippen LogP) is 1.26. The number of ether oxygens (including phenoxy) is 2. The SMILES string of the molecule is c1ccc2c(c1)O[C@@H](C1COC1)CC1CNCCN21. The van der Waals surface area contributed by atoms with Crippen LogP contribution in [-0.2, 0) is 4.74 Å². The first kappa shape index (κ1) is 11.6. The second-order valence-corrected chi connectivity index (χ2v) is 5.71. The van der Waals surface area contributed by atoms with Crippen molar-refractivity contribution >= 4 is 5.69 Å². The summed E-state index contributed by atoms with van der Waals surface area (Å²) in [7, 11) is 0. The highest BCUT2D eigenvalue weighted by atomic mass is 16.5. The molecule has 2 atom stereocenters.